The minimum Gasteiger partial charge on any atom is -0.392 e. The first-order chi connectivity index (χ1) is 10.0. The lowest BCUT2D eigenvalue weighted by molar-refractivity contribution is 0.137. The molecule has 21 heavy (non-hydrogen) atoms. The number of aliphatic hydroxyl groups is 1. The van der Waals surface area contributed by atoms with Crippen molar-refractivity contribution in [2.45, 2.75) is 72.1 Å². The van der Waals surface area contributed by atoms with Gasteiger partial charge in [0.15, 0.2) is 0 Å². The van der Waals surface area contributed by atoms with Crippen molar-refractivity contribution in [3.63, 3.8) is 0 Å². The molecular formula is C19H31NO. The molecule has 1 saturated carbocycles. The number of aliphatic hydroxyl groups excluding tert-OH is 1. The van der Waals surface area contributed by atoms with Crippen molar-refractivity contribution in [2.75, 3.05) is 0 Å². The van der Waals surface area contributed by atoms with Crippen molar-refractivity contribution >= 4 is 0 Å². The fourth-order valence-electron chi connectivity index (χ4n) is 3.47. The molecule has 2 heteroatoms. The molecule has 0 amide bonds. The molecule has 0 saturated heterocycles. The summed E-state index contributed by atoms with van der Waals surface area (Å²) in [4.78, 5) is 0. The molecule has 1 fully saturated rings. The summed E-state index contributed by atoms with van der Waals surface area (Å²) in [7, 11) is 0. The molecule has 118 valence electrons. The Morgan fingerprint density at radius 3 is 2.43 bits per heavy atom. The highest BCUT2D eigenvalue weighted by Gasteiger charge is 2.31. The van der Waals surface area contributed by atoms with Crippen molar-refractivity contribution in [1.82, 2.24) is 5.32 Å². The van der Waals surface area contributed by atoms with Crippen molar-refractivity contribution in [3.8, 4) is 0 Å². The monoisotopic (exact) mass is 289 g/mol. The van der Waals surface area contributed by atoms with Gasteiger partial charge < -0.3 is 10.4 Å². The highest BCUT2D eigenvalue weighted by Crippen LogP contribution is 2.40. The lowest BCUT2D eigenvalue weighted by atomic mass is 9.69. The Hall–Kier alpha value is -0.860. The van der Waals surface area contributed by atoms with E-state index in [4.69, 9.17) is 0 Å². The van der Waals surface area contributed by atoms with Crippen LogP contribution >= 0.6 is 0 Å². The maximum Gasteiger partial charge on any atom is 0.0681 e. The zero-order valence-electron chi connectivity index (χ0n) is 13.9. The van der Waals surface area contributed by atoms with Crippen molar-refractivity contribution < 1.29 is 5.11 Å². The van der Waals surface area contributed by atoms with E-state index >= 15 is 0 Å². The summed E-state index contributed by atoms with van der Waals surface area (Å²) in [5, 5.41) is 12.9. The van der Waals surface area contributed by atoms with Crippen LogP contribution in [0.1, 0.15) is 64.0 Å². The first-order valence-corrected chi connectivity index (χ1v) is 8.47. The lowest BCUT2D eigenvalue weighted by Gasteiger charge is -2.39. The Bertz CT molecular complexity index is 433. The summed E-state index contributed by atoms with van der Waals surface area (Å²) in [5.41, 5.74) is 2.78. The Kier molecular flexibility index (Phi) is 5.83. The van der Waals surface area contributed by atoms with Crippen LogP contribution in [0.5, 0.6) is 0 Å². The second-order valence-electron chi connectivity index (χ2n) is 7.25. The molecular weight excluding hydrogens is 258 g/mol. The normalized spacial score (nSPS) is 23.2. The van der Waals surface area contributed by atoms with Crippen LogP contribution in [0.15, 0.2) is 24.3 Å². The molecule has 2 nitrogen and oxygen atoms in total. The third-order valence-electron chi connectivity index (χ3n) is 5.51. The molecule has 2 N–H and O–H groups in total. The largest absolute Gasteiger partial charge is 0.392 e. The minimum absolute atomic E-state index is 0.130. The lowest BCUT2D eigenvalue weighted by Crippen LogP contribution is -2.36. The average Bonchev–Trinajstić information content (AvgIpc) is 2.53. The molecule has 0 aliphatic heterocycles. The second-order valence-corrected chi connectivity index (χ2v) is 7.25. The SMILES string of the molecule is CCC(C)(C)C1CCC(NCc2cccc(CO)c2)CC1. The summed E-state index contributed by atoms with van der Waals surface area (Å²) >= 11 is 0. The van der Waals surface area contributed by atoms with Gasteiger partial charge in [0.25, 0.3) is 0 Å². The van der Waals surface area contributed by atoms with E-state index in [2.05, 4.69) is 38.2 Å². The Morgan fingerprint density at radius 2 is 1.81 bits per heavy atom. The summed E-state index contributed by atoms with van der Waals surface area (Å²) in [5.74, 6) is 0.887. The van der Waals surface area contributed by atoms with E-state index in [-0.39, 0.29) is 6.61 Å². The van der Waals surface area contributed by atoms with Crippen LogP contribution in [-0.2, 0) is 13.2 Å². The van der Waals surface area contributed by atoms with Crippen molar-refractivity contribution in [1.29, 1.82) is 0 Å². The predicted molar refractivity (Wildman–Crippen MR) is 89.0 cm³/mol. The fraction of sp³-hybridized carbons (Fsp3) is 0.684. The van der Waals surface area contributed by atoms with Gasteiger partial charge in [0.05, 0.1) is 6.61 Å². The van der Waals surface area contributed by atoms with Gasteiger partial charge >= 0.3 is 0 Å². The van der Waals surface area contributed by atoms with E-state index in [1.54, 1.807) is 0 Å². The number of rotatable bonds is 6. The quantitative estimate of drug-likeness (QED) is 0.820. The fourth-order valence-corrected chi connectivity index (χ4v) is 3.47. The summed E-state index contributed by atoms with van der Waals surface area (Å²) in [6, 6.07) is 8.90. The third kappa shape index (κ3) is 4.55. The molecule has 0 radical (unpaired) electrons. The molecule has 1 aliphatic carbocycles. The first kappa shape index (κ1) is 16.5. The highest BCUT2D eigenvalue weighted by atomic mass is 16.3. The van der Waals surface area contributed by atoms with Gasteiger partial charge in [-0.2, -0.15) is 0 Å². The van der Waals surface area contributed by atoms with Crippen LogP contribution in [0.25, 0.3) is 0 Å². The molecule has 0 atom stereocenters. The molecule has 2 rings (SSSR count). The van der Waals surface area contributed by atoms with Crippen LogP contribution in [-0.4, -0.2) is 11.1 Å². The van der Waals surface area contributed by atoms with Gasteiger partial charge in [0.1, 0.15) is 0 Å². The minimum atomic E-state index is 0.130. The van der Waals surface area contributed by atoms with Gasteiger partial charge in [0.2, 0.25) is 0 Å². The van der Waals surface area contributed by atoms with Gasteiger partial charge in [-0.25, -0.2) is 0 Å². The molecule has 1 aromatic rings. The third-order valence-corrected chi connectivity index (χ3v) is 5.51. The van der Waals surface area contributed by atoms with Crippen LogP contribution in [0.3, 0.4) is 0 Å². The van der Waals surface area contributed by atoms with Gasteiger partial charge in [-0.15, -0.1) is 0 Å². The second kappa shape index (κ2) is 7.42. The van der Waals surface area contributed by atoms with Gasteiger partial charge in [-0.3, -0.25) is 0 Å². The van der Waals surface area contributed by atoms with E-state index < -0.39 is 0 Å². The molecule has 1 aliphatic rings. The molecule has 1 aromatic carbocycles. The molecule has 0 bridgehead atoms. The summed E-state index contributed by atoms with van der Waals surface area (Å²) < 4.78 is 0. The Labute approximate surface area is 130 Å². The molecule has 0 unspecified atom stereocenters. The maximum absolute atomic E-state index is 9.19. The van der Waals surface area contributed by atoms with Gasteiger partial charge in [0, 0.05) is 12.6 Å². The summed E-state index contributed by atoms with van der Waals surface area (Å²) in [6.07, 6.45) is 6.59. The maximum atomic E-state index is 9.19. The number of hydrogen-bond acceptors (Lipinski definition) is 2. The number of hydrogen-bond donors (Lipinski definition) is 2. The smallest absolute Gasteiger partial charge is 0.0681 e. The molecule has 0 aromatic heterocycles. The zero-order chi connectivity index (χ0) is 15.3. The van der Waals surface area contributed by atoms with Crippen LogP contribution < -0.4 is 5.32 Å². The van der Waals surface area contributed by atoms with E-state index in [9.17, 15) is 5.11 Å². The summed E-state index contributed by atoms with van der Waals surface area (Å²) in [6.45, 7) is 8.21. The number of nitrogens with one attached hydrogen (secondary N) is 1. The van der Waals surface area contributed by atoms with Crippen LogP contribution in [0.4, 0.5) is 0 Å². The highest BCUT2D eigenvalue weighted by molar-refractivity contribution is 5.22. The van der Waals surface area contributed by atoms with E-state index in [0.717, 1.165) is 18.0 Å². The van der Waals surface area contributed by atoms with E-state index in [0.29, 0.717) is 11.5 Å². The van der Waals surface area contributed by atoms with E-state index in [1.165, 1.54) is 37.7 Å². The van der Waals surface area contributed by atoms with Crippen molar-refractivity contribution in [2.24, 2.45) is 11.3 Å². The van der Waals surface area contributed by atoms with Crippen LogP contribution in [0.2, 0.25) is 0 Å². The first-order valence-electron chi connectivity index (χ1n) is 8.47. The van der Waals surface area contributed by atoms with Gasteiger partial charge in [-0.1, -0.05) is 51.5 Å². The van der Waals surface area contributed by atoms with Crippen molar-refractivity contribution in [3.05, 3.63) is 35.4 Å². The predicted octanol–water partition coefficient (Wildman–Crippen LogP) is 4.26. The zero-order valence-corrected chi connectivity index (χ0v) is 13.9. The Morgan fingerprint density at radius 1 is 1.14 bits per heavy atom. The molecule has 0 spiro atoms. The average molecular weight is 289 g/mol. The Balaban J connectivity index is 1.78. The van der Waals surface area contributed by atoms with E-state index in [1.807, 2.05) is 12.1 Å². The topological polar surface area (TPSA) is 32.3 Å². The van der Waals surface area contributed by atoms with Crippen LogP contribution in [0, 0.1) is 11.3 Å². The standard InChI is InChI=1S/C19H31NO/c1-4-19(2,3)17-8-10-18(11-9-17)20-13-15-6-5-7-16(12-15)14-21/h5-7,12,17-18,20-21H,4,8-11,13-14H2,1-3H3. The molecule has 0 heterocycles. The van der Waals surface area contributed by atoms with Gasteiger partial charge in [-0.05, 0) is 48.1 Å². The number of benzene rings is 1.